The van der Waals surface area contributed by atoms with E-state index in [1.165, 1.54) is 0 Å². The molecular formula is C15H19ClN2O. The van der Waals surface area contributed by atoms with Crippen LogP contribution >= 0.6 is 11.6 Å². The second-order valence-electron chi connectivity index (χ2n) is 5.01. The lowest BCUT2D eigenvalue weighted by molar-refractivity contribution is -0.126. The topological polar surface area (TPSA) is 23.6 Å². The quantitative estimate of drug-likeness (QED) is 0.777. The Morgan fingerprint density at radius 3 is 2.47 bits per heavy atom. The molecule has 2 rings (SSSR count). The maximum absolute atomic E-state index is 11.9. The van der Waals surface area contributed by atoms with Gasteiger partial charge in [0.15, 0.2) is 0 Å². The maximum Gasteiger partial charge on any atom is 0.246 e. The second-order valence-corrected chi connectivity index (χ2v) is 5.45. The minimum Gasteiger partial charge on any atom is -0.368 e. The Hall–Kier alpha value is -1.48. The van der Waals surface area contributed by atoms with Gasteiger partial charge in [0, 0.05) is 43.0 Å². The monoisotopic (exact) mass is 278 g/mol. The van der Waals surface area contributed by atoms with Crippen molar-refractivity contribution in [3.8, 4) is 0 Å². The van der Waals surface area contributed by atoms with Crippen LogP contribution in [0.15, 0.2) is 35.9 Å². The first-order valence-electron chi connectivity index (χ1n) is 6.50. The predicted octanol–water partition coefficient (Wildman–Crippen LogP) is 2.95. The Labute approximate surface area is 119 Å². The number of nitrogens with zero attached hydrogens (tertiary/aromatic N) is 2. The molecule has 1 aromatic rings. The molecule has 1 aromatic carbocycles. The van der Waals surface area contributed by atoms with Gasteiger partial charge in [-0.1, -0.05) is 23.2 Å². The van der Waals surface area contributed by atoms with E-state index in [2.05, 4.69) is 11.0 Å². The number of amides is 1. The first-order chi connectivity index (χ1) is 9.06. The number of carbonyl (C=O) groups is 1. The highest BCUT2D eigenvalue weighted by molar-refractivity contribution is 6.30. The van der Waals surface area contributed by atoms with E-state index in [-0.39, 0.29) is 5.91 Å². The Bertz CT molecular complexity index is 487. The fraction of sp³-hybridized carbons (Fsp3) is 0.400. The Morgan fingerprint density at radius 1 is 1.21 bits per heavy atom. The van der Waals surface area contributed by atoms with E-state index in [0.29, 0.717) is 0 Å². The molecule has 0 spiro atoms. The van der Waals surface area contributed by atoms with Gasteiger partial charge in [-0.25, -0.2) is 0 Å². The summed E-state index contributed by atoms with van der Waals surface area (Å²) in [4.78, 5) is 16.1. The van der Waals surface area contributed by atoms with Crippen LogP contribution in [0.25, 0.3) is 0 Å². The number of benzene rings is 1. The molecule has 0 aromatic heterocycles. The number of hydrogen-bond donors (Lipinski definition) is 0. The van der Waals surface area contributed by atoms with Gasteiger partial charge in [-0.05, 0) is 32.0 Å². The van der Waals surface area contributed by atoms with Crippen molar-refractivity contribution in [1.82, 2.24) is 4.90 Å². The fourth-order valence-electron chi connectivity index (χ4n) is 2.20. The molecule has 0 aliphatic carbocycles. The Morgan fingerprint density at radius 2 is 1.89 bits per heavy atom. The predicted molar refractivity (Wildman–Crippen MR) is 79.7 cm³/mol. The van der Waals surface area contributed by atoms with Crippen LogP contribution in [0.1, 0.15) is 13.8 Å². The molecule has 1 heterocycles. The highest BCUT2D eigenvalue weighted by Gasteiger charge is 2.19. The number of carbonyl (C=O) groups excluding carboxylic acids is 1. The van der Waals surface area contributed by atoms with E-state index in [0.717, 1.165) is 42.5 Å². The molecular weight excluding hydrogens is 260 g/mol. The highest BCUT2D eigenvalue weighted by Crippen LogP contribution is 2.20. The van der Waals surface area contributed by atoms with Gasteiger partial charge in [0.25, 0.3) is 0 Å². The molecule has 0 atom stereocenters. The third-order valence-corrected chi connectivity index (χ3v) is 3.41. The summed E-state index contributed by atoms with van der Waals surface area (Å²) in [5, 5.41) is 0.751. The summed E-state index contributed by atoms with van der Waals surface area (Å²) in [5.74, 6) is 0.116. The fourth-order valence-corrected chi connectivity index (χ4v) is 2.38. The molecule has 0 unspecified atom stereocenters. The van der Waals surface area contributed by atoms with Gasteiger partial charge < -0.3 is 9.80 Å². The van der Waals surface area contributed by atoms with Crippen LogP contribution in [0.4, 0.5) is 5.69 Å². The van der Waals surface area contributed by atoms with Gasteiger partial charge in [0.2, 0.25) is 5.91 Å². The van der Waals surface area contributed by atoms with Crippen molar-refractivity contribution in [2.75, 3.05) is 31.1 Å². The molecule has 0 radical (unpaired) electrons. The second kappa shape index (κ2) is 6.11. The third-order valence-electron chi connectivity index (χ3n) is 3.18. The first kappa shape index (κ1) is 13.9. The summed E-state index contributed by atoms with van der Waals surface area (Å²) in [6.45, 7) is 7.11. The van der Waals surface area contributed by atoms with Gasteiger partial charge in [0.05, 0.1) is 0 Å². The normalized spacial score (nSPS) is 15.3. The molecule has 102 valence electrons. The zero-order valence-electron chi connectivity index (χ0n) is 11.4. The average molecular weight is 279 g/mol. The highest BCUT2D eigenvalue weighted by atomic mass is 35.5. The largest absolute Gasteiger partial charge is 0.368 e. The van der Waals surface area contributed by atoms with E-state index < -0.39 is 0 Å². The van der Waals surface area contributed by atoms with Crippen molar-refractivity contribution < 1.29 is 4.79 Å². The van der Waals surface area contributed by atoms with Gasteiger partial charge in [-0.3, -0.25) is 4.79 Å². The van der Waals surface area contributed by atoms with Crippen molar-refractivity contribution in [1.29, 1.82) is 0 Å². The van der Waals surface area contributed by atoms with Crippen molar-refractivity contribution in [3.63, 3.8) is 0 Å². The van der Waals surface area contributed by atoms with Crippen molar-refractivity contribution >= 4 is 23.2 Å². The zero-order valence-corrected chi connectivity index (χ0v) is 12.2. The minimum absolute atomic E-state index is 0.116. The number of anilines is 1. The molecule has 1 amide bonds. The molecule has 1 aliphatic heterocycles. The molecule has 0 N–H and O–H groups in total. The summed E-state index contributed by atoms with van der Waals surface area (Å²) < 4.78 is 0. The van der Waals surface area contributed by atoms with Gasteiger partial charge in [0.1, 0.15) is 0 Å². The van der Waals surface area contributed by atoms with E-state index >= 15 is 0 Å². The minimum atomic E-state index is 0.116. The van der Waals surface area contributed by atoms with E-state index in [9.17, 15) is 4.79 Å². The first-order valence-corrected chi connectivity index (χ1v) is 6.88. The van der Waals surface area contributed by atoms with Crippen LogP contribution in [0.2, 0.25) is 5.02 Å². The average Bonchev–Trinajstić information content (AvgIpc) is 2.38. The number of piperazine rings is 1. The lowest BCUT2D eigenvalue weighted by Gasteiger charge is -2.35. The summed E-state index contributed by atoms with van der Waals surface area (Å²) in [7, 11) is 0. The molecule has 3 nitrogen and oxygen atoms in total. The number of allylic oxidation sites excluding steroid dienone is 1. The molecule has 1 saturated heterocycles. The van der Waals surface area contributed by atoms with Crippen molar-refractivity contribution in [3.05, 3.63) is 40.9 Å². The molecule has 1 fully saturated rings. The SMILES string of the molecule is CC(C)=CC(=O)N1CCN(c2cccc(Cl)c2)CC1. The van der Waals surface area contributed by atoms with Gasteiger partial charge in [-0.2, -0.15) is 0 Å². The summed E-state index contributed by atoms with van der Waals surface area (Å²) in [5.41, 5.74) is 2.17. The van der Waals surface area contributed by atoms with E-state index in [1.54, 1.807) is 6.08 Å². The van der Waals surface area contributed by atoms with Crippen LogP contribution in [0.5, 0.6) is 0 Å². The Kier molecular flexibility index (Phi) is 4.48. The third kappa shape index (κ3) is 3.74. The molecule has 0 bridgehead atoms. The van der Waals surface area contributed by atoms with Gasteiger partial charge >= 0.3 is 0 Å². The van der Waals surface area contributed by atoms with E-state index in [4.69, 9.17) is 11.6 Å². The smallest absolute Gasteiger partial charge is 0.246 e. The van der Waals surface area contributed by atoms with Crippen molar-refractivity contribution in [2.24, 2.45) is 0 Å². The van der Waals surface area contributed by atoms with Crippen LogP contribution in [0.3, 0.4) is 0 Å². The molecule has 4 heteroatoms. The van der Waals surface area contributed by atoms with Crippen LogP contribution in [-0.2, 0) is 4.79 Å². The Balaban J connectivity index is 1.96. The van der Waals surface area contributed by atoms with E-state index in [1.807, 2.05) is 36.9 Å². The molecule has 19 heavy (non-hydrogen) atoms. The lowest BCUT2D eigenvalue weighted by atomic mass is 10.2. The standard InChI is InChI=1S/C15H19ClN2O/c1-12(2)10-15(19)18-8-6-17(7-9-18)14-5-3-4-13(16)11-14/h3-5,10-11H,6-9H2,1-2H3. The summed E-state index contributed by atoms with van der Waals surface area (Å²) in [6, 6.07) is 7.85. The number of hydrogen-bond acceptors (Lipinski definition) is 2. The molecule has 1 aliphatic rings. The van der Waals surface area contributed by atoms with Crippen molar-refractivity contribution in [2.45, 2.75) is 13.8 Å². The van der Waals surface area contributed by atoms with Crippen LogP contribution in [-0.4, -0.2) is 37.0 Å². The summed E-state index contributed by atoms with van der Waals surface area (Å²) in [6.07, 6.45) is 1.70. The number of rotatable bonds is 2. The molecule has 0 saturated carbocycles. The van der Waals surface area contributed by atoms with Gasteiger partial charge in [-0.15, -0.1) is 0 Å². The van der Waals surface area contributed by atoms with Crippen LogP contribution < -0.4 is 4.90 Å². The lowest BCUT2D eigenvalue weighted by Crippen LogP contribution is -2.48. The summed E-state index contributed by atoms with van der Waals surface area (Å²) >= 11 is 6.00. The van der Waals surface area contributed by atoms with Crippen LogP contribution in [0, 0.1) is 0 Å². The maximum atomic E-state index is 11.9. The number of halogens is 1. The zero-order chi connectivity index (χ0) is 13.8.